The van der Waals surface area contributed by atoms with Crippen LogP contribution in [0.25, 0.3) is 0 Å². The average Bonchev–Trinajstić information content (AvgIpc) is 2.32. The molecule has 0 radical (unpaired) electrons. The Labute approximate surface area is 102 Å². The van der Waals surface area contributed by atoms with E-state index in [0.29, 0.717) is 13.2 Å². The molecule has 0 saturated carbocycles. The minimum absolute atomic E-state index is 0.323. The molecule has 17 heavy (non-hydrogen) atoms. The van der Waals surface area contributed by atoms with Gasteiger partial charge in [0.2, 0.25) is 0 Å². The summed E-state index contributed by atoms with van der Waals surface area (Å²) < 4.78 is 9.34. The van der Waals surface area contributed by atoms with Crippen molar-refractivity contribution < 1.29 is 19.4 Å². The van der Waals surface area contributed by atoms with Gasteiger partial charge >= 0.3 is 5.97 Å². The maximum Gasteiger partial charge on any atom is 0.334 e. The van der Waals surface area contributed by atoms with Crippen molar-refractivity contribution in [2.45, 2.75) is 26.6 Å². The van der Waals surface area contributed by atoms with E-state index in [0.717, 1.165) is 0 Å². The molecule has 0 heterocycles. The summed E-state index contributed by atoms with van der Waals surface area (Å²) in [6, 6.07) is 10.1. The van der Waals surface area contributed by atoms with Crippen molar-refractivity contribution in [3.8, 4) is 0 Å². The van der Waals surface area contributed by atoms with Gasteiger partial charge in [-0.15, -0.1) is 0 Å². The highest BCUT2D eigenvalue weighted by Crippen LogP contribution is 1.98. The van der Waals surface area contributed by atoms with Gasteiger partial charge in [-0.25, -0.2) is 4.79 Å². The van der Waals surface area contributed by atoms with Gasteiger partial charge in [0, 0.05) is 7.11 Å². The Morgan fingerprint density at radius 1 is 1.35 bits per heavy atom. The van der Waals surface area contributed by atoms with Crippen LogP contribution in [0.5, 0.6) is 0 Å². The molecule has 96 valence electrons. The predicted octanol–water partition coefficient (Wildman–Crippen LogP) is 1.76. The number of hydrogen-bond acceptors (Lipinski definition) is 4. The van der Waals surface area contributed by atoms with Crippen LogP contribution in [0.4, 0.5) is 0 Å². The first kappa shape index (κ1) is 15.6. The van der Waals surface area contributed by atoms with E-state index in [9.17, 15) is 4.79 Å². The van der Waals surface area contributed by atoms with Gasteiger partial charge in [-0.2, -0.15) is 0 Å². The van der Waals surface area contributed by atoms with Crippen molar-refractivity contribution in [2.24, 2.45) is 0 Å². The van der Waals surface area contributed by atoms with Crippen LogP contribution in [-0.4, -0.2) is 30.9 Å². The van der Waals surface area contributed by atoms with Gasteiger partial charge in [0.1, 0.15) is 6.10 Å². The second-order valence-electron chi connectivity index (χ2n) is 3.35. The number of methoxy groups -OCH3 is 1. The van der Waals surface area contributed by atoms with Gasteiger partial charge in [-0.05, 0) is 19.4 Å². The molecule has 1 unspecified atom stereocenters. The van der Waals surface area contributed by atoms with Gasteiger partial charge in [-0.1, -0.05) is 30.3 Å². The predicted molar refractivity (Wildman–Crippen MR) is 65.5 cm³/mol. The first-order chi connectivity index (χ1) is 8.11. The lowest BCUT2D eigenvalue weighted by Crippen LogP contribution is -2.18. The molecule has 0 amide bonds. The number of carbonyl (C=O) groups is 1. The van der Waals surface area contributed by atoms with Gasteiger partial charge in [0.05, 0.1) is 13.2 Å². The Balaban J connectivity index is 0.000000304. The molecule has 1 aromatic carbocycles. The summed E-state index contributed by atoms with van der Waals surface area (Å²) >= 11 is 0. The Kier molecular flexibility index (Phi) is 9.01. The fraction of sp³-hybridized carbons (Fsp3) is 0.462. The lowest BCUT2D eigenvalue weighted by molar-refractivity contribution is -0.151. The zero-order valence-corrected chi connectivity index (χ0v) is 10.6. The number of hydrogen-bond donors (Lipinski definition) is 1. The highest BCUT2D eigenvalue weighted by Gasteiger charge is 2.07. The fourth-order valence-electron chi connectivity index (χ4n) is 1.00. The molecule has 0 spiro atoms. The van der Waals surface area contributed by atoms with E-state index >= 15 is 0 Å². The van der Waals surface area contributed by atoms with Crippen LogP contribution in [-0.2, 0) is 20.9 Å². The highest BCUT2D eigenvalue weighted by molar-refractivity contribution is 5.73. The minimum atomic E-state index is -0.991. The number of ether oxygens (including phenoxy) is 2. The summed E-state index contributed by atoms with van der Waals surface area (Å²) in [5.74, 6) is -0.562. The maximum absolute atomic E-state index is 10.3. The molecule has 0 aliphatic carbocycles. The monoisotopic (exact) mass is 240 g/mol. The van der Waals surface area contributed by atoms with Crippen molar-refractivity contribution in [1.82, 2.24) is 0 Å². The summed E-state index contributed by atoms with van der Waals surface area (Å²) in [4.78, 5) is 10.3. The molecule has 4 heteroatoms. The number of esters is 1. The van der Waals surface area contributed by atoms with E-state index in [-0.39, 0.29) is 0 Å². The maximum atomic E-state index is 10.3. The number of carbonyl (C=O) groups excluding carboxylic acids is 1. The minimum Gasteiger partial charge on any atom is -0.464 e. The van der Waals surface area contributed by atoms with Gasteiger partial charge in [-0.3, -0.25) is 0 Å². The lowest BCUT2D eigenvalue weighted by atomic mass is 10.2. The molecule has 0 aliphatic heterocycles. The van der Waals surface area contributed by atoms with Gasteiger partial charge < -0.3 is 14.6 Å². The fourth-order valence-corrected chi connectivity index (χ4v) is 1.00. The summed E-state index contributed by atoms with van der Waals surface area (Å²) in [5.41, 5.74) is 1.22. The zero-order chi connectivity index (χ0) is 13.1. The quantitative estimate of drug-likeness (QED) is 0.815. The van der Waals surface area contributed by atoms with Crippen LogP contribution in [0.1, 0.15) is 19.4 Å². The SMILES string of the molecule is CCOC(=O)C(C)O.COCc1ccccc1. The lowest BCUT2D eigenvalue weighted by Gasteiger charge is -2.01. The molecule has 0 aromatic heterocycles. The summed E-state index contributed by atoms with van der Waals surface area (Å²) in [6.45, 7) is 4.10. The topological polar surface area (TPSA) is 55.8 Å². The molecule has 1 rings (SSSR count). The van der Waals surface area contributed by atoms with Crippen LogP contribution in [0.15, 0.2) is 30.3 Å². The van der Waals surface area contributed by atoms with E-state index in [2.05, 4.69) is 4.74 Å². The number of rotatable bonds is 4. The first-order valence-electron chi connectivity index (χ1n) is 5.49. The van der Waals surface area contributed by atoms with E-state index < -0.39 is 12.1 Å². The van der Waals surface area contributed by atoms with Crippen molar-refractivity contribution in [3.05, 3.63) is 35.9 Å². The van der Waals surface area contributed by atoms with Crippen LogP contribution in [0, 0.1) is 0 Å². The second-order valence-corrected chi connectivity index (χ2v) is 3.35. The molecule has 1 aromatic rings. The van der Waals surface area contributed by atoms with Crippen molar-refractivity contribution >= 4 is 5.97 Å². The van der Waals surface area contributed by atoms with Crippen molar-refractivity contribution in [2.75, 3.05) is 13.7 Å². The molecule has 0 aliphatic rings. The molecule has 0 fully saturated rings. The van der Waals surface area contributed by atoms with E-state index in [4.69, 9.17) is 9.84 Å². The Morgan fingerprint density at radius 3 is 2.29 bits per heavy atom. The summed E-state index contributed by atoms with van der Waals surface area (Å²) in [5, 5.41) is 8.48. The molecular weight excluding hydrogens is 220 g/mol. The largest absolute Gasteiger partial charge is 0.464 e. The van der Waals surface area contributed by atoms with E-state index in [1.807, 2.05) is 30.3 Å². The molecule has 0 saturated heterocycles. The molecular formula is C13H20O4. The van der Waals surface area contributed by atoms with Crippen LogP contribution in [0.2, 0.25) is 0 Å². The second kappa shape index (κ2) is 9.81. The van der Waals surface area contributed by atoms with Crippen LogP contribution in [0.3, 0.4) is 0 Å². The van der Waals surface area contributed by atoms with Crippen molar-refractivity contribution in [3.63, 3.8) is 0 Å². The van der Waals surface area contributed by atoms with Crippen molar-refractivity contribution in [1.29, 1.82) is 0 Å². The highest BCUT2D eigenvalue weighted by atomic mass is 16.5. The standard InChI is InChI=1S/C8H10O.C5H10O3/c1-9-7-8-5-3-2-4-6-8;1-3-8-5(7)4(2)6/h2-6H,7H2,1H3;4,6H,3H2,1-2H3. The third-order valence-corrected chi connectivity index (χ3v) is 1.78. The smallest absolute Gasteiger partial charge is 0.334 e. The van der Waals surface area contributed by atoms with E-state index in [1.165, 1.54) is 12.5 Å². The molecule has 1 atom stereocenters. The summed E-state index contributed by atoms with van der Waals surface area (Å²) in [6.07, 6.45) is -0.991. The molecule has 0 bridgehead atoms. The number of benzene rings is 1. The Morgan fingerprint density at radius 2 is 1.94 bits per heavy atom. The average molecular weight is 240 g/mol. The summed E-state index contributed by atoms with van der Waals surface area (Å²) in [7, 11) is 1.70. The Hall–Kier alpha value is -1.39. The van der Waals surface area contributed by atoms with Gasteiger partial charge in [0.15, 0.2) is 0 Å². The number of aliphatic hydroxyl groups excluding tert-OH is 1. The first-order valence-corrected chi connectivity index (χ1v) is 5.49. The molecule has 1 N–H and O–H groups in total. The Bertz CT molecular complexity index is 296. The van der Waals surface area contributed by atoms with E-state index in [1.54, 1.807) is 14.0 Å². The zero-order valence-electron chi connectivity index (χ0n) is 10.6. The van der Waals surface area contributed by atoms with Crippen LogP contribution >= 0.6 is 0 Å². The third-order valence-electron chi connectivity index (χ3n) is 1.78. The van der Waals surface area contributed by atoms with Crippen LogP contribution < -0.4 is 0 Å². The van der Waals surface area contributed by atoms with Gasteiger partial charge in [0.25, 0.3) is 0 Å². The number of aliphatic hydroxyl groups is 1. The molecule has 4 nitrogen and oxygen atoms in total. The normalized spacial score (nSPS) is 11.1. The third kappa shape index (κ3) is 8.42.